The lowest BCUT2D eigenvalue weighted by molar-refractivity contribution is -0.132. The normalized spacial score (nSPS) is 18.1. The molecular weight excluding hydrogens is 521 g/mol. The first kappa shape index (κ1) is 27.9. The summed E-state index contributed by atoms with van der Waals surface area (Å²) in [7, 11) is 0. The summed E-state index contributed by atoms with van der Waals surface area (Å²) in [6.45, 7) is 6.38. The number of anilines is 2. The van der Waals surface area contributed by atoms with Crippen LogP contribution in [0.15, 0.2) is 53.4 Å². The average Bonchev–Trinajstić information content (AvgIpc) is 3.11. The molecule has 0 aliphatic carbocycles. The van der Waals surface area contributed by atoms with Gasteiger partial charge >= 0.3 is 5.51 Å². The fourth-order valence-corrected chi connectivity index (χ4v) is 5.64. The second-order valence-electron chi connectivity index (χ2n) is 9.63. The predicted molar refractivity (Wildman–Crippen MR) is 146 cm³/mol. The molecule has 1 N–H and O–H groups in total. The highest BCUT2D eigenvalue weighted by Crippen LogP contribution is 2.37. The molecule has 0 saturated carbocycles. The third kappa shape index (κ3) is 9.00. The number of carbonyl (C=O) groups is 1. The molecule has 0 bridgehead atoms. The molecule has 2 aromatic rings. The highest BCUT2D eigenvalue weighted by molar-refractivity contribution is 8.00. The van der Waals surface area contributed by atoms with Gasteiger partial charge in [-0.05, 0) is 99.1 Å². The zero-order valence-corrected chi connectivity index (χ0v) is 22.4. The molecule has 0 radical (unpaired) electrons. The Kier molecular flexibility index (Phi) is 9.90. The number of nitrogens with one attached hydrogen (secondary N) is 1. The van der Waals surface area contributed by atoms with Gasteiger partial charge in [-0.2, -0.15) is 13.2 Å². The summed E-state index contributed by atoms with van der Waals surface area (Å²) in [5, 5.41) is 4.15. The Morgan fingerprint density at radius 3 is 2.32 bits per heavy atom. The summed E-state index contributed by atoms with van der Waals surface area (Å²) in [4.78, 5) is 19.7. The van der Waals surface area contributed by atoms with Gasteiger partial charge in [0, 0.05) is 66.5 Å². The van der Waals surface area contributed by atoms with Crippen LogP contribution < -0.4 is 10.2 Å². The second-order valence-corrected chi connectivity index (χ2v) is 11.2. The van der Waals surface area contributed by atoms with Gasteiger partial charge in [-0.1, -0.05) is 11.6 Å². The van der Waals surface area contributed by atoms with Crippen molar-refractivity contribution in [2.45, 2.75) is 48.5 Å². The molecule has 0 aromatic heterocycles. The maximum atomic E-state index is 12.8. The Labute approximate surface area is 226 Å². The van der Waals surface area contributed by atoms with Crippen LogP contribution >= 0.6 is 23.4 Å². The monoisotopic (exact) mass is 554 g/mol. The number of benzene rings is 2. The molecule has 2 aliphatic heterocycles. The van der Waals surface area contributed by atoms with Crippen LogP contribution in [0.1, 0.15) is 32.1 Å². The molecule has 10 heteroatoms. The molecule has 2 aromatic carbocycles. The van der Waals surface area contributed by atoms with Crippen molar-refractivity contribution in [2.75, 3.05) is 56.0 Å². The molecule has 1 amide bonds. The van der Waals surface area contributed by atoms with Crippen molar-refractivity contribution in [1.29, 1.82) is 0 Å². The SMILES string of the molecule is O=C(CCCN1CCCN(c2ccc(Cl)cc2)CC1)N1CCC(Nc2ccc(SC(F)(F)F)cc2)CC1. The third-order valence-electron chi connectivity index (χ3n) is 6.95. The summed E-state index contributed by atoms with van der Waals surface area (Å²) in [5.74, 6) is 0.213. The first-order valence-electron chi connectivity index (χ1n) is 12.9. The Morgan fingerprint density at radius 2 is 1.65 bits per heavy atom. The first-order chi connectivity index (χ1) is 17.7. The van der Waals surface area contributed by atoms with Crippen molar-refractivity contribution < 1.29 is 18.0 Å². The van der Waals surface area contributed by atoms with E-state index in [1.807, 2.05) is 17.0 Å². The van der Waals surface area contributed by atoms with Crippen molar-refractivity contribution in [3.05, 3.63) is 53.6 Å². The van der Waals surface area contributed by atoms with Gasteiger partial charge in [0.15, 0.2) is 0 Å². The summed E-state index contributed by atoms with van der Waals surface area (Å²) in [6, 6.07) is 14.6. The fraction of sp³-hybridized carbons (Fsp3) is 0.519. The van der Waals surface area contributed by atoms with Crippen molar-refractivity contribution in [3.63, 3.8) is 0 Å². The van der Waals surface area contributed by atoms with Crippen LogP contribution in [0.5, 0.6) is 0 Å². The van der Waals surface area contributed by atoms with Gasteiger partial charge in [0.1, 0.15) is 0 Å². The Hall–Kier alpha value is -2.10. The number of hydrogen-bond acceptors (Lipinski definition) is 5. The van der Waals surface area contributed by atoms with Gasteiger partial charge in [-0.25, -0.2) is 0 Å². The molecule has 202 valence electrons. The van der Waals surface area contributed by atoms with E-state index < -0.39 is 5.51 Å². The number of thioether (sulfide) groups is 1. The first-order valence-corrected chi connectivity index (χ1v) is 14.1. The number of rotatable bonds is 8. The average molecular weight is 555 g/mol. The van der Waals surface area contributed by atoms with E-state index in [0.29, 0.717) is 19.5 Å². The standard InChI is InChI=1S/C27H34ClF3N4OS/c28-21-4-8-24(9-5-21)34-16-2-15-33(19-20-34)14-1-3-26(36)35-17-12-23(13-18-35)32-22-6-10-25(11-7-22)37-27(29,30)31/h4-11,23,32H,1-3,12-20H2. The molecule has 2 heterocycles. The molecule has 2 saturated heterocycles. The van der Waals surface area contributed by atoms with Crippen LogP contribution in [0.4, 0.5) is 24.5 Å². The molecule has 2 aliphatic rings. The number of likely N-dealkylation sites (tertiary alicyclic amines) is 1. The summed E-state index contributed by atoms with van der Waals surface area (Å²) in [5.41, 5.74) is -2.26. The number of piperidine rings is 1. The van der Waals surface area contributed by atoms with E-state index in [1.165, 1.54) is 17.8 Å². The van der Waals surface area contributed by atoms with Crippen LogP contribution in [0, 0.1) is 0 Å². The van der Waals surface area contributed by atoms with Crippen molar-refractivity contribution in [2.24, 2.45) is 0 Å². The van der Waals surface area contributed by atoms with Crippen molar-refractivity contribution >= 4 is 40.6 Å². The predicted octanol–water partition coefficient (Wildman–Crippen LogP) is 6.35. The largest absolute Gasteiger partial charge is 0.446 e. The van der Waals surface area contributed by atoms with Gasteiger partial charge in [0.05, 0.1) is 0 Å². The fourth-order valence-electron chi connectivity index (χ4n) is 4.98. The molecule has 37 heavy (non-hydrogen) atoms. The van der Waals surface area contributed by atoms with E-state index in [0.717, 1.165) is 69.1 Å². The van der Waals surface area contributed by atoms with Gasteiger partial charge in [0.2, 0.25) is 5.91 Å². The third-order valence-corrected chi connectivity index (χ3v) is 7.94. The second kappa shape index (κ2) is 13.1. The lowest BCUT2D eigenvalue weighted by Gasteiger charge is -2.33. The Morgan fingerprint density at radius 1 is 0.946 bits per heavy atom. The van der Waals surface area contributed by atoms with Gasteiger partial charge in [-0.3, -0.25) is 4.79 Å². The highest BCUT2D eigenvalue weighted by atomic mass is 35.5. The van der Waals surface area contributed by atoms with E-state index in [2.05, 4.69) is 27.2 Å². The smallest absolute Gasteiger partial charge is 0.382 e. The summed E-state index contributed by atoms with van der Waals surface area (Å²) >= 11 is 5.91. The molecule has 0 unspecified atom stereocenters. The summed E-state index contributed by atoms with van der Waals surface area (Å²) in [6.07, 6.45) is 4.18. The van der Waals surface area contributed by atoms with Gasteiger partial charge < -0.3 is 20.0 Å². The van der Waals surface area contributed by atoms with E-state index in [-0.39, 0.29) is 28.6 Å². The number of hydrogen-bond donors (Lipinski definition) is 1. The quantitative estimate of drug-likeness (QED) is 0.385. The Balaban J connectivity index is 1.12. The van der Waals surface area contributed by atoms with Crippen LogP contribution in [-0.4, -0.2) is 73.1 Å². The van der Waals surface area contributed by atoms with Crippen molar-refractivity contribution in [1.82, 2.24) is 9.80 Å². The molecule has 0 atom stereocenters. The Bertz CT molecular complexity index is 998. The molecule has 4 rings (SSSR count). The van der Waals surface area contributed by atoms with Gasteiger partial charge in [0.25, 0.3) is 0 Å². The van der Waals surface area contributed by atoms with Crippen molar-refractivity contribution in [3.8, 4) is 0 Å². The molecule has 0 spiro atoms. The number of nitrogens with zero attached hydrogens (tertiary/aromatic N) is 3. The maximum absolute atomic E-state index is 12.8. The lowest BCUT2D eigenvalue weighted by atomic mass is 10.0. The topological polar surface area (TPSA) is 38.8 Å². The van der Waals surface area contributed by atoms with E-state index in [1.54, 1.807) is 12.1 Å². The number of halogens is 4. The minimum absolute atomic E-state index is 0.106. The van der Waals surface area contributed by atoms with Crippen LogP contribution in [0.25, 0.3) is 0 Å². The minimum atomic E-state index is -4.28. The minimum Gasteiger partial charge on any atom is -0.382 e. The van der Waals surface area contributed by atoms with Crippen LogP contribution in [0.2, 0.25) is 5.02 Å². The lowest BCUT2D eigenvalue weighted by Crippen LogP contribution is -2.42. The van der Waals surface area contributed by atoms with Gasteiger partial charge in [-0.15, -0.1) is 0 Å². The zero-order chi connectivity index (χ0) is 26.3. The molecule has 2 fully saturated rings. The maximum Gasteiger partial charge on any atom is 0.446 e. The molecular formula is C27H34ClF3N4OS. The highest BCUT2D eigenvalue weighted by Gasteiger charge is 2.29. The van der Waals surface area contributed by atoms with E-state index in [4.69, 9.17) is 11.6 Å². The number of carbonyl (C=O) groups excluding carboxylic acids is 1. The summed E-state index contributed by atoms with van der Waals surface area (Å²) < 4.78 is 37.5. The van der Waals surface area contributed by atoms with Crippen LogP contribution in [0.3, 0.4) is 0 Å². The number of alkyl halides is 3. The molecule has 5 nitrogen and oxygen atoms in total. The van der Waals surface area contributed by atoms with E-state index >= 15 is 0 Å². The van der Waals surface area contributed by atoms with Crippen LogP contribution in [-0.2, 0) is 4.79 Å². The number of amides is 1. The van der Waals surface area contributed by atoms with E-state index in [9.17, 15) is 18.0 Å². The zero-order valence-electron chi connectivity index (χ0n) is 20.9.